The lowest BCUT2D eigenvalue weighted by Crippen LogP contribution is -2.01. The van der Waals surface area contributed by atoms with E-state index in [1.165, 1.54) is 60.0 Å². The number of benzene rings is 8. The molecule has 4 heterocycles. The average molecular weight is 740 g/mol. The molecule has 0 fully saturated rings. The summed E-state index contributed by atoms with van der Waals surface area (Å²) in [7, 11) is 0. The molecule has 0 bridgehead atoms. The monoisotopic (exact) mass is 739 g/mol. The largest absolute Gasteiger partial charge is 0.309 e. The zero-order chi connectivity index (χ0) is 38.2. The number of para-hydroxylation sites is 1. The first kappa shape index (κ1) is 32.4. The second kappa shape index (κ2) is 12.8. The van der Waals surface area contributed by atoms with Crippen LogP contribution in [0.4, 0.5) is 0 Å². The Kier molecular flexibility index (Phi) is 7.16. The lowest BCUT2D eigenvalue weighted by Gasteiger charge is -2.12. The molecule has 270 valence electrons. The van der Waals surface area contributed by atoms with E-state index in [4.69, 9.17) is 15.0 Å². The van der Waals surface area contributed by atoms with E-state index in [9.17, 15) is 0 Å². The summed E-state index contributed by atoms with van der Waals surface area (Å²) in [5.41, 5.74) is 12.1. The molecule has 8 aromatic carbocycles. The van der Waals surface area contributed by atoms with Gasteiger partial charge >= 0.3 is 0 Å². The van der Waals surface area contributed by atoms with Crippen molar-refractivity contribution in [1.82, 2.24) is 23.9 Å². The quantitative estimate of drug-likeness (QED) is 0.165. The standard InChI is InChI=1S/C53H33N5/c1-4-15-34(16-5-1)37-27-29-47-44(32-37)43-28-30-48-45(33-49-42-25-11-10-23-40(42)41-24-12-13-26-46(41)58(48)49)50(43)57(47)39-22-14-21-38(31-39)53-55-51(35-17-6-2-7-18-35)54-52(56-53)36-19-8-3-9-20-36/h1-33H. The van der Waals surface area contributed by atoms with Gasteiger partial charge in [0.2, 0.25) is 0 Å². The molecule has 0 unspecified atom stereocenters. The van der Waals surface area contributed by atoms with E-state index in [1.807, 2.05) is 60.7 Å². The molecule has 0 N–H and O–H groups in total. The number of pyridine rings is 1. The smallest absolute Gasteiger partial charge is 0.164 e. The molecule has 0 radical (unpaired) electrons. The number of hydrogen-bond donors (Lipinski definition) is 0. The van der Waals surface area contributed by atoms with Gasteiger partial charge in [0.15, 0.2) is 17.5 Å². The fraction of sp³-hybridized carbons (Fsp3) is 0. The molecule has 12 aromatic rings. The third-order valence-corrected chi connectivity index (χ3v) is 11.5. The molecule has 0 spiro atoms. The second-order valence-electron chi connectivity index (χ2n) is 14.8. The summed E-state index contributed by atoms with van der Waals surface area (Å²) in [6.45, 7) is 0. The molecule has 4 aromatic heterocycles. The number of nitrogens with zero attached hydrogens (tertiary/aromatic N) is 5. The summed E-state index contributed by atoms with van der Waals surface area (Å²) < 4.78 is 4.88. The third-order valence-electron chi connectivity index (χ3n) is 11.5. The molecule has 5 heteroatoms. The maximum absolute atomic E-state index is 5.09. The van der Waals surface area contributed by atoms with Crippen LogP contribution in [0.3, 0.4) is 0 Å². The average Bonchev–Trinajstić information content (AvgIpc) is 3.86. The van der Waals surface area contributed by atoms with Crippen molar-refractivity contribution in [3.63, 3.8) is 0 Å². The van der Waals surface area contributed by atoms with E-state index in [1.54, 1.807) is 0 Å². The van der Waals surface area contributed by atoms with Crippen LogP contribution in [0.15, 0.2) is 200 Å². The van der Waals surface area contributed by atoms with Crippen molar-refractivity contribution in [3.05, 3.63) is 200 Å². The van der Waals surface area contributed by atoms with Crippen LogP contribution in [0, 0.1) is 0 Å². The highest BCUT2D eigenvalue weighted by atomic mass is 15.0. The predicted octanol–water partition coefficient (Wildman–Crippen LogP) is 13.3. The summed E-state index contributed by atoms with van der Waals surface area (Å²) in [5.74, 6) is 1.91. The van der Waals surface area contributed by atoms with Gasteiger partial charge < -0.3 is 8.97 Å². The molecule has 0 saturated heterocycles. The Morgan fingerprint density at radius 3 is 1.50 bits per heavy atom. The van der Waals surface area contributed by atoms with Gasteiger partial charge in [-0.15, -0.1) is 0 Å². The molecular weight excluding hydrogens is 707 g/mol. The van der Waals surface area contributed by atoms with Crippen molar-refractivity contribution >= 4 is 59.9 Å². The van der Waals surface area contributed by atoms with Crippen LogP contribution >= 0.6 is 0 Å². The summed E-state index contributed by atoms with van der Waals surface area (Å²) in [6.07, 6.45) is 0. The Morgan fingerprint density at radius 1 is 0.276 bits per heavy atom. The fourth-order valence-electron chi connectivity index (χ4n) is 8.89. The lowest BCUT2D eigenvalue weighted by molar-refractivity contribution is 1.07. The molecule has 12 rings (SSSR count). The molecule has 0 aliphatic carbocycles. The van der Waals surface area contributed by atoms with Crippen LogP contribution in [0.25, 0.3) is 111 Å². The molecule has 58 heavy (non-hydrogen) atoms. The Labute approximate surface area is 333 Å². The van der Waals surface area contributed by atoms with E-state index in [-0.39, 0.29) is 0 Å². The minimum Gasteiger partial charge on any atom is -0.309 e. The van der Waals surface area contributed by atoms with Gasteiger partial charge in [0, 0.05) is 49.3 Å². The van der Waals surface area contributed by atoms with Crippen molar-refractivity contribution in [3.8, 4) is 51.0 Å². The van der Waals surface area contributed by atoms with Crippen molar-refractivity contribution < 1.29 is 0 Å². The molecule has 0 aliphatic rings. The fourth-order valence-corrected chi connectivity index (χ4v) is 8.89. The van der Waals surface area contributed by atoms with E-state index >= 15 is 0 Å². The van der Waals surface area contributed by atoms with Crippen LogP contribution < -0.4 is 0 Å². The van der Waals surface area contributed by atoms with E-state index < -0.39 is 0 Å². The van der Waals surface area contributed by atoms with Gasteiger partial charge in [-0.25, -0.2) is 15.0 Å². The first-order valence-corrected chi connectivity index (χ1v) is 19.6. The first-order chi connectivity index (χ1) is 28.8. The van der Waals surface area contributed by atoms with Crippen LogP contribution in [0.2, 0.25) is 0 Å². The van der Waals surface area contributed by atoms with Crippen molar-refractivity contribution in [1.29, 1.82) is 0 Å². The Morgan fingerprint density at radius 2 is 0.810 bits per heavy atom. The lowest BCUT2D eigenvalue weighted by atomic mass is 10.0. The van der Waals surface area contributed by atoms with Gasteiger partial charge in [0.25, 0.3) is 0 Å². The SMILES string of the molecule is c1ccc(-c2ccc3c(c2)c2ccc4c(cc5c6ccccc6c6ccccc6n54)c2n3-c2cccc(-c3nc(-c4ccccc4)nc(-c4ccccc4)n3)c2)cc1. The molecule has 0 aliphatic heterocycles. The van der Waals surface area contributed by atoms with Crippen molar-refractivity contribution in [2.45, 2.75) is 0 Å². The molecular formula is C53H33N5. The van der Waals surface area contributed by atoms with Crippen LogP contribution in [0.5, 0.6) is 0 Å². The summed E-state index contributed by atoms with van der Waals surface area (Å²) in [4.78, 5) is 15.1. The Bertz CT molecular complexity index is 3490. The highest BCUT2D eigenvalue weighted by Gasteiger charge is 2.21. The maximum atomic E-state index is 5.09. The number of rotatable bonds is 5. The first-order valence-electron chi connectivity index (χ1n) is 19.6. The van der Waals surface area contributed by atoms with Gasteiger partial charge in [-0.05, 0) is 59.0 Å². The highest BCUT2D eigenvalue weighted by Crippen LogP contribution is 2.42. The molecule has 5 nitrogen and oxygen atoms in total. The van der Waals surface area contributed by atoms with E-state index in [0.717, 1.165) is 33.4 Å². The van der Waals surface area contributed by atoms with E-state index in [0.29, 0.717) is 17.5 Å². The molecule has 0 saturated carbocycles. The van der Waals surface area contributed by atoms with Gasteiger partial charge in [0.1, 0.15) is 0 Å². The number of aromatic nitrogens is 5. The van der Waals surface area contributed by atoms with Gasteiger partial charge in [-0.1, -0.05) is 158 Å². The van der Waals surface area contributed by atoms with Crippen LogP contribution in [-0.2, 0) is 0 Å². The third kappa shape index (κ3) is 5.00. The maximum Gasteiger partial charge on any atom is 0.164 e. The number of hydrogen-bond acceptors (Lipinski definition) is 3. The Balaban J connectivity index is 1.16. The molecule has 0 amide bonds. The summed E-state index contributed by atoms with van der Waals surface area (Å²) in [6, 6.07) is 71.0. The second-order valence-corrected chi connectivity index (χ2v) is 14.8. The van der Waals surface area contributed by atoms with Crippen molar-refractivity contribution in [2.75, 3.05) is 0 Å². The van der Waals surface area contributed by atoms with Crippen LogP contribution in [-0.4, -0.2) is 23.9 Å². The normalized spacial score (nSPS) is 11.8. The topological polar surface area (TPSA) is 48.0 Å². The van der Waals surface area contributed by atoms with E-state index in [2.05, 4.69) is 148 Å². The highest BCUT2D eigenvalue weighted by molar-refractivity contribution is 6.23. The zero-order valence-electron chi connectivity index (χ0n) is 31.3. The Hall–Kier alpha value is -7.89. The van der Waals surface area contributed by atoms with Gasteiger partial charge in [-0.2, -0.15) is 0 Å². The van der Waals surface area contributed by atoms with Crippen molar-refractivity contribution in [2.24, 2.45) is 0 Å². The zero-order valence-corrected chi connectivity index (χ0v) is 31.3. The van der Waals surface area contributed by atoms with Crippen LogP contribution in [0.1, 0.15) is 0 Å². The summed E-state index contributed by atoms with van der Waals surface area (Å²) in [5, 5.41) is 7.33. The van der Waals surface area contributed by atoms with Gasteiger partial charge in [0.05, 0.1) is 27.6 Å². The van der Waals surface area contributed by atoms with Gasteiger partial charge in [-0.3, -0.25) is 0 Å². The number of fused-ring (bicyclic) bond motifs is 12. The predicted molar refractivity (Wildman–Crippen MR) is 239 cm³/mol. The minimum absolute atomic E-state index is 0.624. The summed E-state index contributed by atoms with van der Waals surface area (Å²) >= 11 is 0. The minimum atomic E-state index is 0.624. The molecule has 0 atom stereocenters.